The molecule has 0 atom stereocenters. The molecule has 0 aliphatic carbocycles. The topological polar surface area (TPSA) is 37.8 Å². The van der Waals surface area contributed by atoms with Crippen LogP contribution in [0.2, 0.25) is 0 Å². The van der Waals surface area contributed by atoms with Crippen LogP contribution in [-0.2, 0) is 6.54 Å². The summed E-state index contributed by atoms with van der Waals surface area (Å²) in [5.41, 5.74) is 3.13. The van der Waals surface area contributed by atoms with Crippen LogP contribution in [0.15, 0.2) is 71.5 Å². The van der Waals surface area contributed by atoms with E-state index < -0.39 is 0 Å². The molecule has 2 aromatic carbocycles. The van der Waals surface area contributed by atoms with Gasteiger partial charge in [0.25, 0.3) is 0 Å². The highest BCUT2D eigenvalue weighted by Crippen LogP contribution is 2.18. The summed E-state index contributed by atoms with van der Waals surface area (Å²) in [6.07, 6.45) is 3.62. The highest BCUT2D eigenvalue weighted by Gasteiger charge is 2.02. The van der Waals surface area contributed by atoms with Crippen LogP contribution in [0.5, 0.6) is 0 Å². The number of benzene rings is 2. The van der Waals surface area contributed by atoms with E-state index in [4.69, 9.17) is 0 Å². The minimum atomic E-state index is 0.732. The Morgan fingerprint density at radius 3 is 2.24 bits per heavy atom. The monoisotopic (exact) mass is 339 g/mol. The second-order valence-corrected chi connectivity index (χ2v) is 5.46. The van der Waals surface area contributed by atoms with Crippen molar-refractivity contribution in [2.75, 3.05) is 5.32 Å². The first-order valence-electron chi connectivity index (χ1n) is 6.68. The fourth-order valence-electron chi connectivity index (χ4n) is 1.99. The molecular formula is C17H14BrN3. The average Bonchev–Trinajstić information content (AvgIpc) is 2.55. The zero-order valence-corrected chi connectivity index (χ0v) is 12.9. The maximum absolute atomic E-state index is 4.40. The highest BCUT2D eigenvalue weighted by atomic mass is 79.9. The first kappa shape index (κ1) is 13.8. The van der Waals surface area contributed by atoms with E-state index in [0.717, 1.165) is 28.1 Å². The van der Waals surface area contributed by atoms with Gasteiger partial charge in [0.1, 0.15) is 0 Å². The molecule has 104 valence electrons. The van der Waals surface area contributed by atoms with Crippen LogP contribution in [-0.4, -0.2) is 9.97 Å². The minimum absolute atomic E-state index is 0.732. The largest absolute Gasteiger partial charge is 0.378 e. The van der Waals surface area contributed by atoms with E-state index in [1.165, 1.54) is 5.56 Å². The summed E-state index contributed by atoms with van der Waals surface area (Å²) in [6.45, 7) is 0.732. The molecule has 21 heavy (non-hydrogen) atoms. The van der Waals surface area contributed by atoms with Gasteiger partial charge in [-0.1, -0.05) is 64.5 Å². The van der Waals surface area contributed by atoms with Gasteiger partial charge in [0.15, 0.2) is 5.82 Å². The molecule has 0 amide bonds. The fraction of sp³-hybridized carbons (Fsp3) is 0.0588. The number of nitrogens with zero attached hydrogens (tertiary/aromatic N) is 2. The number of aromatic nitrogens is 2. The Bertz CT molecular complexity index is 712. The van der Waals surface area contributed by atoms with Crippen molar-refractivity contribution in [1.82, 2.24) is 9.97 Å². The van der Waals surface area contributed by atoms with Gasteiger partial charge in [0.2, 0.25) is 0 Å². The molecule has 0 fully saturated rings. The molecule has 0 aliphatic rings. The lowest BCUT2D eigenvalue weighted by Crippen LogP contribution is -2.01. The Labute approximate surface area is 132 Å². The molecule has 4 heteroatoms. The molecule has 0 spiro atoms. The Hall–Kier alpha value is -2.20. The van der Waals surface area contributed by atoms with Gasteiger partial charge in [-0.2, -0.15) is 0 Å². The molecule has 0 saturated heterocycles. The van der Waals surface area contributed by atoms with Crippen molar-refractivity contribution >= 4 is 21.6 Å². The quantitative estimate of drug-likeness (QED) is 0.759. The van der Waals surface area contributed by atoms with Gasteiger partial charge in [-0.3, -0.25) is 0 Å². The van der Waals surface area contributed by atoms with Gasteiger partial charge in [0, 0.05) is 16.6 Å². The minimum Gasteiger partial charge on any atom is -0.378 e. The van der Waals surface area contributed by atoms with Crippen molar-refractivity contribution < 1.29 is 0 Å². The standard InChI is InChI=1S/C17H14BrN3/c18-16-9-5-4-8-14(16)10-19-15-11-20-17(21-12-15)13-6-2-1-3-7-13/h1-9,11-12,19H,10H2. The Balaban J connectivity index is 1.69. The van der Waals surface area contributed by atoms with Gasteiger partial charge in [-0.05, 0) is 11.6 Å². The summed E-state index contributed by atoms with van der Waals surface area (Å²) in [5, 5.41) is 3.33. The third-order valence-corrected chi connectivity index (χ3v) is 3.90. The smallest absolute Gasteiger partial charge is 0.159 e. The molecule has 0 aliphatic heterocycles. The number of hydrogen-bond donors (Lipinski definition) is 1. The molecule has 0 saturated carbocycles. The molecular weight excluding hydrogens is 326 g/mol. The second-order valence-electron chi connectivity index (χ2n) is 4.61. The molecule has 3 aromatic rings. The molecule has 0 bridgehead atoms. The second kappa shape index (κ2) is 6.50. The predicted octanol–water partition coefficient (Wildman–Crippen LogP) is 4.52. The lowest BCUT2D eigenvalue weighted by Gasteiger charge is -2.08. The van der Waals surface area contributed by atoms with E-state index in [1.807, 2.05) is 60.9 Å². The summed E-state index contributed by atoms with van der Waals surface area (Å²) < 4.78 is 1.10. The lowest BCUT2D eigenvalue weighted by molar-refractivity contribution is 1.10. The molecule has 3 nitrogen and oxygen atoms in total. The lowest BCUT2D eigenvalue weighted by atomic mass is 10.2. The van der Waals surface area contributed by atoms with Crippen LogP contribution in [0.4, 0.5) is 5.69 Å². The zero-order chi connectivity index (χ0) is 14.5. The van der Waals surface area contributed by atoms with E-state index >= 15 is 0 Å². The third kappa shape index (κ3) is 3.47. The van der Waals surface area contributed by atoms with Crippen LogP contribution in [0.3, 0.4) is 0 Å². The third-order valence-electron chi connectivity index (χ3n) is 3.12. The summed E-state index contributed by atoms with van der Waals surface area (Å²) in [5.74, 6) is 0.738. The van der Waals surface area contributed by atoms with Gasteiger partial charge in [0.05, 0.1) is 18.1 Å². The van der Waals surface area contributed by atoms with Gasteiger partial charge in [-0.15, -0.1) is 0 Å². The Morgan fingerprint density at radius 2 is 1.52 bits per heavy atom. The maximum atomic E-state index is 4.40. The Morgan fingerprint density at radius 1 is 0.857 bits per heavy atom. The molecule has 3 rings (SSSR count). The van der Waals surface area contributed by atoms with Crippen LogP contribution in [0.25, 0.3) is 11.4 Å². The van der Waals surface area contributed by atoms with Crippen molar-refractivity contribution in [3.8, 4) is 11.4 Å². The maximum Gasteiger partial charge on any atom is 0.159 e. The van der Waals surface area contributed by atoms with E-state index in [9.17, 15) is 0 Å². The summed E-state index contributed by atoms with van der Waals surface area (Å²) >= 11 is 3.54. The Kier molecular flexibility index (Phi) is 4.26. The number of nitrogens with one attached hydrogen (secondary N) is 1. The van der Waals surface area contributed by atoms with Crippen LogP contribution in [0.1, 0.15) is 5.56 Å². The summed E-state index contributed by atoms with van der Waals surface area (Å²) in [7, 11) is 0. The summed E-state index contributed by atoms with van der Waals surface area (Å²) in [4.78, 5) is 8.80. The molecule has 1 heterocycles. The normalized spacial score (nSPS) is 10.3. The van der Waals surface area contributed by atoms with E-state index in [2.05, 4.69) is 37.3 Å². The number of rotatable bonds is 4. The molecule has 0 radical (unpaired) electrons. The van der Waals surface area contributed by atoms with Crippen LogP contribution in [0, 0.1) is 0 Å². The first-order chi connectivity index (χ1) is 10.3. The van der Waals surface area contributed by atoms with Crippen molar-refractivity contribution in [1.29, 1.82) is 0 Å². The van der Waals surface area contributed by atoms with Crippen LogP contribution < -0.4 is 5.32 Å². The molecule has 1 aromatic heterocycles. The van der Waals surface area contributed by atoms with Gasteiger partial charge < -0.3 is 5.32 Å². The van der Waals surface area contributed by atoms with Crippen molar-refractivity contribution in [2.45, 2.75) is 6.54 Å². The highest BCUT2D eigenvalue weighted by molar-refractivity contribution is 9.10. The number of hydrogen-bond acceptors (Lipinski definition) is 3. The van der Waals surface area contributed by atoms with E-state index in [0.29, 0.717) is 0 Å². The van der Waals surface area contributed by atoms with E-state index in [-0.39, 0.29) is 0 Å². The molecule has 1 N–H and O–H groups in total. The number of halogens is 1. The summed E-state index contributed by atoms with van der Waals surface area (Å²) in [6, 6.07) is 18.1. The molecule has 0 unspecified atom stereocenters. The van der Waals surface area contributed by atoms with Crippen molar-refractivity contribution in [3.63, 3.8) is 0 Å². The van der Waals surface area contributed by atoms with E-state index in [1.54, 1.807) is 0 Å². The van der Waals surface area contributed by atoms with Gasteiger partial charge >= 0.3 is 0 Å². The van der Waals surface area contributed by atoms with Crippen LogP contribution >= 0.6 is 15.9 Å². The average molecular weight is 340 g/mol. The van der Waals surface area contributed by atoms with Crippen molar-refractivity contribution in [2.24, 2.45) is 0 Å². The SMILES string of the molecule is Brc1ccccc1CNc1cnc(-c2ccccc2)nc1. The fourth-order valence-corrected chi connectivity index (χ4v) is 2.42. The van der Waals surface area contributed by atoms with Gasteiger partial charge in [-0.25, -0.2) is 9.97 Å². The number of anilines is 1. The van der Waals surface area contributed by atoms with Crippen molar-refractivity contribution in [3.05, 3.63) is 77.0 Å². The first-order valence-corrected chi connectivity index (χ1v) is 7.47. The predicted molar refractivity (Wildman–Crippen MR) is 88.9 cm³/mol. The zero-order valence-electron chi connectivity index (χ0n) is 11.3.